The summed E-state index contributed by atoms with van der Waals surface area (Å²) in [6, 6.07) is 5.73. The summed E-state index contributed by atoms with van der Waals surface area (Å²) >= 11 is 0. The van der Waals surface area contributed by atoms with E-state index >= 15 is 0 Å². The van der Waals surface area contributed by atoms with E-state index in [1.165, 1.54) is 6.33 Å². The SMILES string of the molecule is CNc1cc(NCc2ccc(C)o2)ncn1. The van der Waals surface area contributed by atoms with Crippen LogP contribution in [-0.4, -0.2) is 17.0 Å². The third kappa shape index (κ3) is 2.50. The number of anilines is 2. The van der Waals surface area contributed by atoms with Gasteiger partial charge in [-0.3, -0.25) is 0 Å². The van der Waals surface area contributed by atoms with Crippen LogP contribution in [0, 0.1) is 6.92 Å². The van der Waals surface area contributed by atoms with E-state index in [9.17, 15) is 0 Å². The third-order valence-electron chi connectivity index (χ3n) is 2.16. The second-order valence-electron chi connectivity index (χ2n) is 3.40. The first-order valence-electron chi connectivity index (χ1n) is 5.07. The molecular weight excluding hydrogens is 204 g/mol. The lowest BCUT2D eigenvalue weighted by Gasteiger charge is -2.04. The molecule has 0 radical (unpaired) electrons. The van der Waals surface area contributed by atoms with Crippen molar-refractivity contribution in [2.24, 2.45) is 0 Å². The molecule has 0 amide bonds. The van der Waals surface area contributed by atoms with E-state index in [0.29, 0.717) is 6.54 Å². The maximum absolute atomic E-state index is 5.44. The Hall–Kier alpha value is -2.04. The topological polar surface area (TPSA) is 63.0 Å². The van der Waals surface area contributed by atoms with Gasteiger partial charge in [-0.25, -0.2) is 9.97 Å². The van der Waals surface area contributed by atoms with Crippen LogP contribution in [0.25, 0.3) is 0 Å². The first-order chi connectivity index (χ1) is 7.78. The van der Waals surface area contributed by atoms with Crippen LogP contribution < -0.4 is 10.6 Å². The number of aryl methyl sites for hydroxylation is 1. The van der Waals surface area contributed by atoms with E-state index in [-0.39, 0.29) is 0 Å². The first kappa shape index (κ1) is 10.5. The summed E-state index contributed by atoms with van der Waals surface area (Å²) in [7, 11) is 1.82. The van der Waals surface area contributed by atoms with Gasteiger partial charge in [0.05, 0.1) is 6.54 Å². The summed E-state index contributed by atoms with van der Waals surface area (Å²) in [6.07, 6.45) is 1.52. The molecule has 0 saturated heterocycles. The highest BCUT2D eigenvalue weighted by Gasteiger charge is 2.00. The van der Waals surface area contributed by atoms with Crippen molar-refractivity contribution < 1.29 is 4.42 Å². The molecule has 0 aromatic carbocycles. The van der Waals surface area contributed by atoms with E-state index in [0.717, 1.165) is 23.2 Å². The lowest BCUT2D eigenvalue weighted by Crippen LogP contribution is -2.02. The minimum Gasteiger partial charge on any atom is -0.465 e. The van der Waals surface area contributed by atoms with E-state index in [4.69, 9.17) is 4.42 Å². The molecule has 2 rings (SSSR count). The van der Waals surface area contributed by atoms with Gasteiger partial charge in [0.1, 0.15) is 29.5 Å². The summed E-state index contributed by atoms with van der Waals surface area (Å²) in [5.41, 5.74) is 0. The van der Waals surface area contributed by atoms with Crippen molar-refractivity contribution in [1.29, 1.82) is 0 Å². The maximum atomic E-state index is 5.44. The zero-order valence-corrected chi connectivity index (χ0v) is 9.32. The van der Waals surface area contributed by atoms with Crippen LogP contribution >= 0.6 is 0 Å². The van der Waals surface area contributed by atoms with Crippen LogP contribution in [0.3, 0.4) is 0 Å². The number of nitrogens with one attached hydrogen (secondary N) is 2. The molecule has 0 aliphatic carbocycles. The van der Waals surface area contributed by atoms with Gasteiger partial charge in [0.2, 0.25) is 0 Å². The number of hydrogen-bond donors (Lipinski definition) is 2. The molecule has 0 saturated carbocycles. The molecule has 5 nitrogen and oxygen atoms in total. The zero-order chi connectivity index (χ0) is 11.4. The highest BCUT2D eigenvalue weighted by atomic mass is 16.3. The minimum atomic E-state index is 0.619. The summed E-state index contributed by atoms with van der Waals surface area (Å²) in [5, 5.41) is 6.12. The monoisotopic (exact) mass is 218 g/mol. The highest BCUT2D eigenvalue weighted by molar-refractivity contribution is 5.45. The summed E-state index contributed by atoms with van der Waals surface area (Å²) in [6.45, 7) is 2.54. The lowest BCUT2D eigenvalue weighted by atomic mass is 10.4. The van der Waals surface area contributed by atoms with Gasteiger partial charge in [0.15, 0.2) is 0 Å². The quantitative estimate of drug-likeness (QED) is 0.822. The number of rotatable bonds is 4. The second kappa shape index (κ2) is 4.65. The van der Waals surface area contributed by atoms with Gasteiger partial charge in [-0.2, -0.15) is 0 Å². The van der Waals surface area contributed by atoms with Crippen LogP contribution in [0.4, 0.5) is 11.6 Å². The fraction of sp³-hybridized carbons (Fsp3) is 0.273. The van der Waals surface area contributed by atoms with Gasteiger partial charge in [0.25, 0.3) is 0 Å². The Morgan fingerprint density at radius 3 is 2.75 bits per heavy atom. The van der Waals surface area contributed by atoms with Crippen molar-refractivity contribution >= 4 is 11.6 Å². The van der Waals surface area contributed by atoms with Gasteiger partial charge >= 0.3 is 0 Å². The highest BCUT2D eigenvalue weighted by Crippen LogP contribution is 2.11. The fourth-order valence-electron chi connectivity index (χ4n) is 1.35. The lowest BCUT2D eigenvalue weighted by molar-refractivity contribution is 0.490. The molecule has 2 aromatic rings. The molecule has 0 aliphatic heterocycles. The zero-order valence-electron chi connectivity index (χ0n) is 9.32. The van der Waals surface area contributed by atoms with Crippen molar-refractivity contribution in [3.8, 4) is 0 Å². The van der Waals surface area contributed by atoms with E-state index in [2.05, 4.69) is 20.6 Å². The molecule has 2 heterocycles. The molecule has 5 heteroatoms. The average Bonchev–Trinajstić information content (AvgIpc) is 2.73. The van der Waals surface area contributed by atoms with Crippen LogP contribution in [-0.2, 0) is 6.54 Å². The van der Waals surface area contributed by atoms with Gasteiger partial charge in [-0.15, -0.1) is 0 Å². The average molecular weight is 218 g/mol. The van der Waals surface area contributed by atoms with E-state index in [1.54, 1.807) is 0 Å². The standard InChI is InChI=1S/C11H14N4O/c1-8-3-4-9(16-8)6-13-11-5-10(12-2)14-7-15-11/h3-5,7H,6H2,1-2H3,(H2,12,13,14,15). The summed E-state index contributed by atoms with van der Waals surface area (Å²) in [5.74, 6) is 3.36. The van der Waals surface area contributed by atoms with Gasteiger partial charge < -0.3 is 15.1 Å². The van der Waals surface area contributed by atoms with Crippen molar-refractivity contribution in [3.63, 3.8) is 0 Å². The Bertz CT molecular complexity index is 467. The molecule has 2 N–H and O–H groups in total. The van der Waals surface area contributed by atoms with Crippen LogP contribution in [0.15, 0.2) is 28.9 Å². The fourth-order valence-corrected chi connectivity index (χ4v) is 1.35. The second-order valence-corrected chi connectivity index (χ2v) is 3.40. The van der Waals surface area contributed by atoms with E-state index < -0.39 is 0 Å². The predicted molar refractivity (Wildman–Crippen MR) is 62.4 cm³/mol. The minimum absolute atomic E-state index is 0.619. The number of furan rings is 1. The Morgan fingerprint density at radius 2 is 2.06 bits per heavy atom. The Labute approximate surface area is 93.9 Å². The van der Waals surface area contributed by atoms with E-state index in [1.807, 2.05) is 32.2 Å². The summed E-state index contributed by atoms with van der Waals surface area (Å²) in [4.78, 5) is 8.14. The first-order valence-corrected chi connectivity index (χ1v) is 5.07. The largest absolute Gasteiger partial charge is 0.465 e. The molecule has 0 bridgehead atoms. The molecule has 0 atom stereocenters. The molecule has 0 fully saturated rings. The van der Waals surface area contributed by atoms with Crippen LogP contribution in [0.1, 0.15) is 11.5 Å². The predicted octanol–water partition coefficient (Wildman–Crippen LogP) is 2.03. The van der Waals surface area contributed by atoms with Gasteiger partial charge in [-0.1, -0.05) is 0 Å². The Kier molecular flexibility index (Phi) is 3.05. The maximum Gasteiger partial charge on any atom is 0.131 e. The third-order valence-corrected chi connectivity index (χ3v) is 2.16. The number of hydrogen-bond acceptors (Lipinski definition) is 5. The number of aromatic nitrogens is 2. The van der Waals surface area contributed by atoms with Gasteiger partial charge in [0, 0.05) is 13.1 Å². The Balaban J connectivity index is 1.99. The normalized spacial score (nSPS) is 10.1. The Morgan fingerprint density at radius 1 is 1.25 bits per heavy atom. The molecule has 16 heavy (non-hydrogen) atoms. The molecular formula is C11H14N4O. The molecule has 2 aromatic heterocycles. The van der Waals surface area contributed by atoms with Crippen molar-refractivity contribution in [3.05, 3.63) is 36.0 Å². The van der Waals surface area contributed by atoms with Crippen LogP contribution in [0.5, 0.6) is 0 Å². The molecule has 0 unspecified atom stereocenters. The molecule has 84 valence electrons. The van der Waals surface area contributed by atoms with Crippen LogP contribution in [0.2, 0.25) is 0 Å². The van der Waals surface area contributed by atoms with Gasteiger partial charge in [-0.05, 0) is 19.1 Å². The van der Waals surface area contributed by atoms with Crippen molar-refractivity contribution in [1.82, 2.24) is 9.97 Å². The smallest absolute Gasteiger partial charge is 0.131 e. The van der Waals surface area contributed by atoms with Crippen molar-refractivity contribution in [2.45, 2.75) is 13.5 Å². The number of nitrogens with zero attached hydrogens (tertiary/aromatic N) is 2. The van der Waals surface area contributed by atoms with Crippen molar-refractivity contribution in [2.75, 3.05) is 17.7 Å². The molecule has 0 aliphatic rings. The summed E-state index contributed by atoms with van der Waals surface area (Å²) < 4.78 is 5.44. The molecule has 0 spiro atoms.